The van der Waals surface area contributed by atoms with E-state index in [2.05, 4.69) is 4.90 Å². The van der Waals surface area contributed by atoms with Gasteiger partial charge in [0.1, 0.15) is 6.54 Å². The lowest BCUT2D eigenvalue weighted by Gasteiger charge is -2.35. The lowest BCUT2D eigenvalue weighted by Crippen LogP contribution is -2.55. The van der Waals surface area contributed by atoms with Crippen LogP contribution in [0.3, 0.4) is 0 Å². The van der Waals surface area contributed by atoms with Crippen molar-refractivity contribution in [2.75, 3.05) is 51.2 Å². The Balaban J connectivity index is 1.64. The Kier molecular flexibility index (Phi) is 6.21. The van der Waals surface area contributed by atoms with Gasteiger partial charge < -0.3 is 14.7 Å². The summed E-state index contributed by atoms with van der Waals surface area (Å²) in [5.74, 6) is -0.409. The van der Waals surface area contributed by atoms with E-state index in [1.54, 1.807) is 17.0 Å². The van der Waals surface area contributed by atoms with E-state index in [0.29, 0.717) is 39.1 Å². The molecule has 1 fully saturated rings. The van der Waals surface area contributed by atoms with Crippen molar-refractivity contribution in [2.45, 2.75) is 18.2 Å². The molecule has 2 aliphatic rings. The van der Waals surface area contributed by atoms with Gasteiger partial charge in [0.15, 0.2) is 0 Å². The molecule has 0 bridgehead atoms. The van der Waals surface area contributed by atoms with Crippen LogP contribution in [0.4, 0.5) is 10.5 Å². The quantitative estimate of drug-likeness (QED) is 0.703. The van der Waals surface area contributed by atoms with Gasteiger partial charge in [0.2, 0.25) is 5.91 Å². The number of urea groups is 1. The summed E-state index contributed by atoms with van der Waals surface area (Å²) >= 11 is 0. The molecule has 2 heterocycles. The normalized spacial score (nSPS) is 16.7. The van der Waals surface area contributed by atoms with Crippen molar-refractivity contribution >= 4 is 27.6 Å². The lowest BCUT2D eigenvalue weighted by molar-refractivity contribution is -0.118. The summed E-state index contributed by atoms with van der Waals surface area (Å²) in [6.07, 6.45) is 0.707. The maximum Gasteiger partial charge on any atom is 0.334 e. The molecular weight excluding hydrogens is 428 g/mol. The van der Waals surface area contributed by atoms with Gasteiger partial charge in [-0.1, -0.05) is 35.9 Å². The number of aryl methyl sites for hydroxylation is 1. The molecule has 3 amide bonds. The Morgan fingerprint density at radius 1 is 0.938 bits per heavy atom. The van der Waals surface area contributed by atoms with Gasteiger partial charge in [-0.3, -0.25) is 4.79 Å². The first-order valence-corrected chi connectivity index (χ1v) is 12.2. The van der Waals surface area contributed by atoms with E-state index in [-0.39, 0.29) is 4.90 Å². The fourth-order valence-electron chi connectivity index (χ4n) is 4.05. The van der Waals surface area contributed by atoms with Crippen LogP contribution in [-0.4, -0.2) is 80.8 Å². The number of hydrogen-bond donors (Lipinski definition) is 0. The molecule has 4 rings (SSSR count). The Labute approximate surface area is 189 Å². The number of carbonyl (C=O) groups is 2. The van der Waals surface area contributed by atoms with Crippen LogP contribution in [0.5, 0.6) is 0 Å². The van der Waals surface area contributed by atoms with Gasteiger partial charge in [0, 0.05) is 38.4 Å². The van der Waals surface area contributed by atoms with Crippen molar-refractivity contribution in [3.05, 3.63) is 59.7 Å². The highest BCUT2D eigenvalue weighted by molar-refractivity contribution is 7.89. The van der Waals surface area contributed by atoms with Gasteiger partial charge in [-0.2, -0.15) is 0 Å². The summed E-state index contributed by atoms with van der Waals surface area (Å²) in [5, 5.41) is 0. The average molecular weight is 457 g/mol. The molecule has 9 heteroatoms. The fourth-order valence-corrected chi connectivity index (χ4v) is 5.39. The Bertz CT molecular complexity index is 1110. The number of likely N-dealkylation sites (N-methyl/N-ethyl adjacent to an activating group) is 1. The third-order valence-corrected chi connectivity index (χ3v) is 7.80. The van der Waals surface area contributed by atoms with Crippen molar-refractivity contribution in [3.63, 3.8) is 0 Å². The third-order valence-electron chi connectivity index (χ3n) is 6.06. The second kappa shape index (κ2) is 8.91. The minimum atomic E-state index is -4.20. The molecule has 0 spiro atoms. The van der Waals surface area contributed by atoms with Gasteiger partial charge >= 0.3 is 6.03 Å². The number of para-hydroxylation sites is 1. The number of benzene rings is 2. The second-order valence-electron chi connectivity index (χ2n) is 8.32. The summed E-state index contributed by atoms with van der Waals surface area (Å²) in [6.45, 7) is 3.92. The first-order valence-electron chi connectivity index (χ1n) is 10.7. The van der Waals surface area contributed by atoms with Gasteiger partial charge in [0.05, 0.1) is 4.90 Å². The summed E-state index contributed by atoms with van der Waals surface area (Å²) in [7, 11) is -2.25. The van der Waals surface area contributed by atoms with Crippen LogP contribution in [0.1, 0.15) is 11.1 Å². The third kappa shape index (κ3) is 4.35. The monoisotopic (exact) mass is 456 g/mol. The summed E-state index contributed by atoms with van der Waals surface area (Å²) < 4.78 is 27.7. The van der Waals surface area contributed by atoms with Crippen LogP contribution in [0.2, 0.25) is 0 Å². The first kappa shape index (κ1) is 22.3. The minimum absolute atomic E-state index is 0.000185. The smallest absolute Gasteiger partial charge is 0.321 e. The van der Waals surface area contributed by atoms with E-state index in [4.69, 9.17) is 0 Å². The highest BCUT2D eigenvalue weighted by atomic mass is 32.2. The molecule has 0 N–H and O–H groups in total. The molecular formula is C23H28N4O4S. The Hall–Kier alpha value is -2.91. The molecule has 32 heavy (non-hydrogen) atoms. The SMILES string of the molecule is Cc1ccc(S(=O)(=O)N(CC(=O)N2CCc3ccccc32)C(=O)N2CCN(C)CC2)cc1. The molecule has 0 radical (unpaired) electrons. The Morgan fingerprint density at radius 2 is 1.59 bits per heavy atom. The zero-order chi connectivity index (χ0) is 22.9. The van der Waals surface area contributed by atoms with E-state index in [9.17, 15) is 18.0 Å². The average Bonchev–Trinajstić information content (AvgIpc) is 3.22. The predicted octanol–water partition coefficient (Wildman–Crippen LogP) is 1.94. The number of fused-ring (bicyclic) bond motifs is 1. The van der Waals surface area contributed by atoms with Gasteiger partial charge in [-0.05, 0) is 44.2 Å². The number of piperazine rings is 1. The zero-order valence-corrected chi connectivity index (χ0v) is 19.2. The maximum atomic E-state index is 13.5. The van der Waals surface area contributed by atoms with Crippen LogP contribution in [0.25, 0.3) is 0 Å². The molecule has 1 saturated heterocycles. The van der Waals surface area contributed by atoms with Crippen LogP contribution in [-0.2, 0) is 21.2 Å². The number of nitrogens with zero attached hydrogens (tertiary/aromatic N) is 4. The first-order chi connectivity index (χ1) is 15.3. The van der Waals surface area contributed by atoms with Crippen molar-refractivity contribution in [1.82, 2.24) is 14.1 Å². The van der Waals surface area contributed by atoms with Crippen molar-refractivity contribution in [3.8, 4) is 0 Å². The van der Waals surface area contributed by atoms with Gasteiger partial charge in [0.25, 0.3) is 10.0 Å². The standard InChI is InChI=1S/C23H28N4O4S/c1-18-7-9-20(10-8-18)32(30,31)27(23(29)25-15-13-24(2)14-16-25)17-22(28)26-12-11-19-5-3-4-6-21(19)26/h3-10H,11-17H2,1-2H3. The second-order valence-corrected chi connectivity index (χ2v) is 10.2. The van der Waals surface area contributed by atoms with Crippen molar-refractivity contribution < 1.29 is 18.0 Å². The molecule has 2 aromatic rings. The Morgan fingerprint density at radius 3 is 2.28 bits per heavy atom. The highest BCUT2D eigenvalue weighted by Crippen LogP contribution is 2.28. The topological polar surface area (TPSA) is 81.2 Å². The van der Waals surface area contributed by atoms with E-state index in [1.807, 2.05) is 38.2 Å². The van der Waals surface area contributed by atoms with Crippen molar-refractivity contribution in [2.24, 2.45) is 0 Å². The fraction of sp³-hybridized carbons (Fsp3) is 0.391. The number of rotatable bonds is 4. The largest absolute Gasteiger partial charge is 0.334 e. The van der Waals surface area contributed by atoms with Crippen LogP contribution >= 0.6 is 0 Å². The molecule has 2 aromatic carbocycles. The van der Waals surface area contributed by atoms with Gasteiger partial charge in [-0.25, -0.2) is 17.5 Å². The molecule has 2 aliphatic heterocycles. The molecule has 0 aliphatic carbocycles. The lowest BCUT2D eigenvalue weighted by atomic mass is 10.2. The number of hydrogen-bond acceptors (Lipinski definition) is 5. The molecule has 0 unspecified atom stereocenters. The number of anilines is 1. The van der Waals surface area contributed by atoms with Crippen molar-refractivity contribution in [1.29, 1.82) is 0 Å². The molecule has 0 aromatic heterocycles. The molecule has 170 valence electrons. The minimum Gasteiger partial charge on any atom is -0.321 e. The summed E-state index contributed by atoms with van der Waals surface area (Å²) in [6, 6.07) is 13.2. The zero-order valence-electron chi connectivity index (χ0n) is 18.4. The highest BCUT2D eigenvalue weighted by Gasteiger charge is 2.37. The summed E-state index contributed by atoms with van der Waals surface area (Å²) in [5.41, 5.74) is 2.72. The number of sulfonamides is 1. The molecule has 8 nitrogen and oxygen atoms in total. The van der Waals surface area contributed by atoms with E-state index in [0.717, 1.165) is 21.1 Å². The molecule has 0 atom stereocenters. The predicted molar refractivity (Wildman–Crippen MR) is 122 cm³/mol. The number of carbonyl (C=O) groups excluding carboxylic acids is 2. The van der Waals surface area contributed by atoms with E-state index in [1.165, 1.54) is 17.0 Å². The van der Waals surface area contributed by atoms with Crippen LogP contribution in [0.15, 0.2) is 53.4 Å². The van der Waals surface area contributed by atoms with E-state index < -0.39 is 28.5 Å². The van der Waals surface area contributed by atoms with Crippen LogP contribution < -0.4 is 4.90 Å². The summed E-state index contributed by atoms with van der Waals surface area (Å²) in [4.78, 5) is 31.8. The molecule has 0 saturated carbocycles. The van der Waals surface area contributed by atoms with E-state index >= 15 is 0 Å². The number of amides is 3. The van der Waals surface area contributed by atoms with Crippen LogP contribution in [0, 0.1) is 6.92 Å². The maximum absolute atomic E-state index is 13.5. The van der Waals surface area contributed by atoms with Gasteiger partial charge in [-0.15, -0.1) is 0 Å².